The van der Waals surface area contributed by atoms with Crippen molar-refractivity contribution in [3.05, 3.63) is 32.4 Å². The molecule has 1 aliphatic rings. The Hall–Kier alpha value is -0.820. The Labute approximate surface area is 123 Å². The fraction of sp³-hybridized carbons (Fsp3) is 0.333. The molecule has 0 aliphatic carbocycles. The standard InChI is InChI=1S/C12H11ClINO3/c13-8-1-2-10(14)9(5-8)11(16)15-4-3-7(6-15)12(17)18/h1-2,5,7H,3-4,6H2,(H,17,18). The Morgan fingerprint density at radius 3 is 2.78 bits per heavy atom. The molecule has 1 amide bonds. The van der Waals surface area contributed by atoms with Crippen LogP contribution in [0.3, 0.4) is 0 Å². The van der Waals surface area contributed by atoms with Gasteiger partial charge in [0, 0.05) is 21.7 Å². The molecule has 6 heteroatoms. The predicted molar refractivity (Wildman–Crippen MR) is 75.8 cm³/mol. The van der Waals surface area contributed by atoms with Gasteiger partial charge >= 0.3 is 5.97 Å². The molecule has 1 N–H and O–H groups in total. The Balaban J connectivity index is 2.17. The van der Waals surface area contributed by atoms with Crippen molar-refractivity contribution in [3.8, 4) is 0 Å². The van der Waals surface area contributed by atoms with Gasteiger partial charge in [0.25, 0.3) is 5.91 Å². The van der Waals surface area contributed by atoms with Crippen LogP contribution >= 0.6 is 34.2 Å². The molecule has 96 valence electrons. The van der Waals surface area contributed by atoms with Gasteiger partial charge in [-0.1, -0.05) is 11.6 Å². The van der Waals surface area contributed by atoms with Crippen molar-refractivity contribution < 1.29 is 14.7 Å². The lowest BCUT2D eigenvalue weighted by Gasteiger charge is -2.16. The van der Waals surface area contributed by atoms with Crippen molar-refractivity contribution in [3.63, 3.8) is 0 Å². The van der Waals surface area contributed by atoms with E-state index in [4.69, 9.17) is 16.7 Å². The van der Waals surface area contributed by atoms with E-state index in [-0.39, 0.29) is 12.5 Å². The molecule has 18 heavy (non-hydrogen) atoms. The molecule has 1 aromatic rings. The SMILES string of the molecule is O=C(O)C1CCN(C(=O)c2cc(Cl)ccc2I)C1. The molecule has 0 aromatic heterocycles. The van der Waals surface area contributed by atoms with E-state index in [0.717, 1.165) is 3.57 Å². The molecule has 0 spiro atoms. The third kappa shape index (κ3) is 2.77. The van der Waals surface area contributed by atoms with Gasteiger partial charge in [-0.05, 0) is 47.2 Å². The molecule has 4 nitrogen and oxygen atoms in total. The molecule has 2 rings (SSSR count). The molecule has 0 bridgehead atoms. The summed E-state index contributed by atoms with van der Waals surface area (Å²) in [6.07, 6.45) is 0.512. The number of carbonyl (C=O) groups excluding carboxylic acids is 1. The van der Waals surface area contributed by atoms with E-state index < -0.39 is 11.9 Å². The zero-order valence-corrected chi connectivity index (χ0v) is 12.3. The van der Waals surface area contributed by atoms with Crippen LogP contribution in [0.1, 0.15) is 16.8 Å². The number of hydrogen-bond acceptors (Lipinski definition) is 2. The molecule has 1 atom stereocenters. The van der Waals surface area contributed by atoms with Crippen molar-refractivity contribution in [2.45, 2.75) is 6.42 Å². The lowest BCUT2D eigenvalue weighted by atomic mass is 10.1. The maximum atomic E-state index is 12.3. The molecular formula is C12H11ClINO3. The maximum absolute atomic E-state index is 12.3. The van der Waals surface area contributed by atoms with Crippen LogP contribution in [0.4, 0.5) is 0 Å². The number of hydrogen-bond donors (Lipinski definition) is 1. The average molecular weight is 380 g/mol. The highest BCUT2D eigenvalue weighted by molar-refractivity contribution is 14.1. The number of carboxylic acids is 1. The zero-order valence-electron chi connectivity index (χ0n) is 9.40. The maximum Gasteiger partial charge on any atom is 0.308 e. The number of likely N-dealkylation sites (tertiary alicyclic amines) is 1. The summed E-state index contributed by atoms with van der Waals surface area (Å²) in [4.78, 5) is 24.7. The van der Waals surface area contributed by atoms with Gasteiger partial charge in [-0.3, -0.25) is 9.59 Å². The monoisotopic (exact) mass is 379 g/mol. The summed E-state index contributed by atoms with van der Waals surface area (Å²) in [6.45, 7) is 0.759. The Morgan fingerprint density at radius 2 is 2.17 bits per heavy atom. The molecule has 1 aromatic carbocycles. The van der Waals surface area contributed by atoms with E-state index in [1.54, 1.807) is 23.1 Å². The van der Waals surface area contributed by atoms with E-state index >= 15 is 0 Å². The zero-order chi connectivity index (χ0) is 13.3. The normalized spacial score (nSPS) is 19.0. The van der Waals surface area contributed by atoms with Gasteiger partial charge in [0.05, 0.1) is 11.5 Å². The van der Waals surface area contributed by atoms with Crippen molar-refractivity contribution in [1.82, 2.24) is 4.90 Å². The molecule has 0 saturated carbocycles. The third-order valence-corrected chi connectivity index (χ3v) is 4.16. The highest BCUT2D eigenvalue weighted by Gasteiger charge is 2.31. The Bertz CT molecular complexity index is 506. The van der Waals surface area contributed by atoms with Crippen molar-refractivity contribution in [2.24, 2.45) is 5.92 Å². The number of nitrogens with zero attached hydrogens (tertiary/aromatic N) is 1. The molecular weight excluding hydrogens is 368 g/mol. The second kappa shape index (κ2) is 5.44. The largest absolute Gasteiger partial charge is 0.481 e. The van der Waals surface area contributed by atoms with Crippen LogP contribution in [0.5, 0.6) is 0 Å². The fourth-order valence-corrected chi connectivity index (χ4v) is 2.72. The quantitative estimate of drug-likeness (QED) is 0.803. The first-order chi connectivity index (χ1) is 8.49. The lowest BCUT2D eigenvalue weighted by molar-refractivity contribution is -0.141. The molecule has 1 fully saturated rings. The van der Waals surface area contributed by atoms with Gasteiger partial charge < -0.3 is 10.0 Å². The fourth-order valence-electron chi connectivity index (χ4n) is 1.98. The second-order valence-corrected chi connectivity index (χ2v) is 5.80. The van der Waals surface area contributed by atoms with Gasteiger partial charge in [-0.15, -0.1) is 0 Å². The third-order valence-electron chi connectivity index (χ3n) is 2.98. The number of benzene rings is 1. The van der Waals surface area contributed by atoms with Crippen LogP contribution in [0.15, 0.2) is 18.2 Å². The first-order valence-corrected chi connectivity index (χ1v) is 6.92. The van der Waals surface area contributed by atoms with Crippen LogP contribution in [-0.2, 0) is 4.79 Å². The summed E-state index contributed by atoms with van der Waals surface area (Å²) in [6, 6.07) is 5.13. The summed E-state index contributed by atoms with van der Waals surface area (Å²) in [5.74, 6) is -1.44. The minimum Gasteiger partial charge on any atom is -0.481 e. The second-order valence-electron chi connectivity index (χ2n) is 4.20. The molecule has 1 unspecified atom stereocenters. The van der Waals surface area contributed by atoms with Crippen LogP contribution in [0.2, 0.25) is 5.02 Å². The predicted octanol–water partition coefficient (Wildman–Crippen LogP) is 2.49. The van der Waals surface area contributed by atoms with Crippen LogP contribution < -0.4 is 0 Å². The van der Waals surface area contributed by atoms with Crippen LogP contribution in [0.25, 0.3) is 0 Å². The first-order valence-electron chi connectivity index (χ1n) is 5.46. The Morgan fingerprint density at radius 1 is 1.44 bits per heavy atom. The van der Waals surface area contributed by atoms with Gasteiger partial charge in [0.1, 0.15) is 0 Å². The van der Waals surface area contributed by atoms with E-state index in [1.165, 1.54) is 0 Å². The van der Waals surface area contributed by atoms with Gasteiger partial charge in [0.15, 0.2) is 0 Å². The minimum atomic E-state index is -0.842. The highest BCUT2D eigenvalue weighted by Crippen LogP contribution is 2.23. The number of aliphatic carboxylic acids is 1. The number of rotatable bonds is 2. The lowest BCUT2D eigenvalue weighted by Crippen LogP contribution is -2.30. The molecule has 1 heterocycles. The summed E-state index contributed by atoms with van der Waals surface area (Å²) in [5.41, 5.74) is 0.536. The summed E-state index contributed by atoms with van der Waals surface area (Å²) in [5, 5.41) is 9.43. The summed E-state index contributed by atoms with van der Waals surface area (Å²) < 4.78 is 0.820. The molecule has 0 radical (unpaired) electrons. The van der Waals surface area contributed by atoms with Gasteiger partial charge in [0.2, 0.25) is 0 Å². The first kappa shape index (κ1) is 13.6. The van der Waals surface area contributed by atoms with Crippen molar-refractivity contribution >= 4 is 46.1 Å². The highest BCUT2D eigenvalue weighted by atomic mass is 127. The van der Waals surface area contributed by atoms with E-state index in [2.05, 4.69) is 22.6 Å². The van der Waals surface area contributed by atoms with Gasteiger partial charge in [-0.2, -0.15) is 0 Å². The summed E-state index contributed by atoms with van der Waals surface area (Å²) in [7, 11) is 0. The number of carboxylic acid groups (broad SMARTS) is 1. The van der Waals surface area contributed by atoms with E-state index in [0.29, 0.717) is 23.6 Å². The summed E-state index contributed by atoms with van der Waals surface area (Å²) >= 11 is 7.95. The van der Waals surface area contributed by atoms with Gasteiger partial charge in [-0.25, -0.2) is 0 Å². The van der Waals surface area contributed by atoms with Crippen LogP contribution in [-0.4, -0.2) is 35.0 Å². The van der Waals surface area contributed by atoms with E-state index in [9.17, 15) is 9.59 Å². The smallest absolute Gasteiger partial charge is 0.308 e. The average Bonchev–Trinajstić information content (AvgIpc) is 2.81. The van der Waals surface area contributed by atoms with Crippen LogP contribution in [0, 0.1) is 9.49 Å². The van der Waals surface area contributed by atoms with Crippen molar-refractivity contribution in [2.75, 3.05) is 13.1 Å². The minimum absolute atomic E-state index is 0.148. The number of halogens is 2. The van der Waals surface area contributed by atoms with Crippen molar-refractivity contribution in [1.29, 1.82) is 0 Å². The molecule has 1 saturated heterocycles. The number of amides is 1. The Kier molecular flexibility index (Phi) is 4.11. The number of carbonyl (C=O) groups is 2. The van der Waals surface area contributed by atoms with E-state index in [1.807, 2.05) is 0 Å². The topological polar surface area (TPSA) is 57.6 Å². The molecule has 1 aliphatic heterocycles.